The summed E-state index contributed by atoms with van der Waals surface area (Å²) in [7, 11) is 0. The first-order valence-corrected chi connectivity index (χ1v) is 5.61. The number of hydrogen-bond acceptors (Lipinski definition) is 4. The minimum Gasteiger partial charge on any atom is -0.348 e. The third-order valence-electron chi connectivity index (χ3n) is 2.35. The molecule has 3 nitrogen and oxygen atoms in total. The molecule has 0 saturated carbocycles. The van der Waals surface area contributed by atoms with Crippen molar-refractivity contribution in [1.29, 1.82) is 0 Å². The Hall–Kier alpha value is -0.610. The van der Waals surface area contributed by atoms with Gasteiger partial charge < -0.3 is 10.6 Å². The highest BCUT2D eigenvalue weighted by atomic mass is 32.1. The summed E-state index contributed by atoms with van der Waals surface area (Å²) in [5.41, 5.74) is 6.77. The standard InChI is InChI=1S/C9H15N3S/c1-7(10)8-6-13-9(11-8)12-4-2-3-5-12/h6-7H,2-5,10H2,1H3. The first-order chi connectivity index (χ1) is 6.27. The average Bonchev–Trinajstić information content (AvgIpc) is 2.75. The van der Waals surface area contributed by atoms with E-state index >= 15 is 0 Å². The lowest BCUT2D eigenvalue weighted by Gasteiger charge is -2.12. The van der Waals surface area contributed by atoms with Crippen LogP contribution < -0.4 is 10.6 Å². The van der Waals surface area contributed by atoms with E-state index in [1.54, 1.807) is 11.3 Å². The van der Waals surface area contributed by atoms with Crippen LogP contribution in [-0.2, 0) is 0 Å². The SMILES string of the molecule is CC(N)c1csc(N2CCCC2)n1. The van der Waals surface area contributed by atoms with Crippen LogP contribution in [0.25, 0.3) is 0 Å². The quantitative estimate of drug-likeness (QED) is 0.785. The molecular formula is C9H15N3S. The maximum absolute atomic E-state index is 5.75. The van der Waals surface area contributed by atoms with E-state index in [0.29, 0.717) is 0 Å². The van der Waals surface area contributed by atoms with Crippen molar-refractivity contribution < 1.29 is 0 Å². The second-order valence-corrected chi connectivity index (χ2v) is 4.37. The molecule has 1 aromatic heterocycles. The second kappa shape index (κ2) is 3.64. The second-order valence-electron chi connectivity index (χ2n) is 3.54. The zero-order valence-corrected chi connectivity index (χ0v) is 8.68. The van der Waals surface area contributed by atoms with Gasteiger partial charge in [-0.05, 0) is 19.8 Å². The van der Waals surface area contributed by atoms with Crippen molar-refractivity contribution in [3.05, 3.63) is 11.1 Å². The Morgan fingerprint density at radius 3 is 2.77 bits per heavy atom. The van der Waals surface area contributed by atoms with Gasteiger partial charge in [0, 0.05) is 24.5 Å². The van der Waals surface area contributed by atoms with Crippen LogP contribution in [0, 0.1) is 0 Å². The molecule has 0 aromatic carbocycles. The van der Waals surface area contributed by atoms with Gasteiger partial charge in [-0.1, -0.05) is 0 Å². The molecular weight excluding hydrogens is 182 g/mol. The molecule has 0 bridgehead atoms. The van der Waals surface area contributed by atoms with Crippen molar-refractivity contribution in [2.75, 3.05) is 18.0 Å². The van der Waals surface area contributed by atoms with Gasteiger partial charge in [0.25, 0.3) is 0 Å². The summed E-state index contributed by atoms with van der Waals surface area (Å²) in [4.78, 5) is 6.86. The van der Waals surface area contributed by atoms with Gasteiger partial charge in [0.15, 0.2) is 5.13 Å². The lowest BCUT2D eigenvalue weighted by Crippen LogP contribution is -2.17. The van der Waals surface area contributed by atoms with Crippen LogP contribution in [0.5, 0.6) is 0 Å². The van der Waals surface area contributed by atoms with E-state index in [1.807, 2.05) is 6.92 Å². The summed E-state index contributed by atoms with van der Waals surface area (Å²) in [5, 5.41) is 3.21. The van der Waals surface area contributed by atoms with Crippen molar-refractivity contribution >= 4 is 16.5 Å². The monoisotopic (exact) mass is 197 g/mol. The van der Waals surface area contributed by atoms with E-state index in [4.69, 9.17) is 5.73 Å². The zero-order valence-electron chi connectivity index (χ0n) is 7.86. The van der Waals surface area contributed by atoms with Crippen molar-refractivity contribution in [3.8, 4) is 0 Å². The summed E-state index contributed by atoms with van der Waals surface area (Å²) in [6, 6.07) is 0.0626. The van der Waals surface area contributed by atoms with Gasteiger partial charge in [-0.15, -0.1) is 11.3 Å². The third-order valence-corrected chi connectivity index (χ3v) is 3.27. The minimum absolute atomic E-state index is 0.0626. The van der Waals surface area contributed by atoms with Crippen molar-refractivity contribution in [2.45, 2.75) is 25.8 Å². The molecule has 0 radical (unpaired) electrons. The summed E-state index contributed by atoms with van der Waals surface area (Å²) in [6.45, 7) is 4.29. The highest BCUT2D eigenvalue weighted by Gasteiger charge is 2.16. The Labute approximate surface area is 82.6 Å². The fourth-order valence-electron chi connectivity index (χ4n) is 1.54. The van der Waals surface area contributed by atoms with Crippen molar-refractivity contribution in [1.82, 2.24) is 4.98 Å². The summed E-state index contributed by atoms with van der Waals surface area (Å²) in [5.74, 6) is 0. The van der Waals surface area contributed by atoms with Crippen LogP contribution in [0.4, 0.5) is 5.13 Å². The van der Waals surface area contributed by atoms with E-state index in [1.165, 1.54) is 12.8 Å². The molecule has 1 saturated heterocycles. The van der Waals surface area contributed by atoms with Gasteiger partial charge in [-0.3, -0.25) is 0 Å². The lowest BCUT2D eigenvalue weighted by atomic mass is 10.3. The van der Waals surface area contributed by atoms with Crippen molar-refractivity contribution in [2.24, 2.45) is 5.73 Å². The topological polar surface area (TPSA) is 42.1 Å². The van der Waals surface area contributed by atoms with E-state index < -0.39 is 0 Å². The smallest absolute Gasteiger partial charge is 0.185 e. The Morgan fingerprint density at radius 2 is 2.23 bits per heavy atom. The summed E-state index contributed by atoms with van der Waals surface area (Å²) in [6.07, 6.45) is 2.60. The maximum Gasteiger partial charge on any atom is 0.185 e. The number of anilines is 1. The number of nitrogens with two attached hydrogens (primary N) is 1. The van der Waals surface area contributed by atoms with E-state index in [9.17, 15) is 0 Å². The maximum atomic E-state index is 5.75. The van der Waals surface area contributed by atoms with Crippen LogP contribution in [0.2, 0.25) is 0 Å². The Kier molecular flexibility index (Phi) is 2.51. The molecule has 1 aliphatic rings. The third kappa shape index (κ3) is 1.84. The molecule has 1 unspecified atom stereocenters. The van der Waals surface area contributed by atoms with Gasteiger partial charge in [0.2, 0.25) is 0 Å². The van der Waals surface area contributed by atoms with Gasteiger partial charge in [0.05, 0.1) is 5.69 Å². The van der Waals surface area contributed by atoms with E-state index in [2.05, 4.69) is 15.3 Å². The number of hydrogen-bond donors (Lipinski definition) is 1. The van der Waals surface area contributed by atoms with Crippen LogP contribution >= 0.6 is 11.3 Å². The first-order valence-electron chi connectivity index (χ1n) is 4.73. The average molecular weight is 197 g/mol. The predicted molar refractivity (Wildman–Crippen MR) is 56.2 cm³/mol. The molecule has 0 aliphatic carbocycles. The molecule has 4 heteroatoms. The van der Waals surface area contributed by atoms with Crippen LogP contribution in [-0.4, -0.2) is 18.1 Å². The Balaban J connectivity index is 2.12. The molecule has 2 N–H and O–H groups in total. The van der Waals surface area contributed by atoms with Gasteiger partial charge in [0.1, 0.15) is 0 Å². The minimum atomic E-state index is 0.0626. The van der Waals surface area contributed by atoms with Crippen LogP contribution in [0.15, 0.2) is 5.38 Å². The molecule has 72 valence electrons. The normalized spacial score (nSPS) is 19.4. The molecule has 2 rings (SSSR count). The number of aromatic nitrogens is 1. The molecule has 1 aliphatic heterocycles. The van der Waals surface area contributed by atoms with Gasteiger partial charge in [-0.25, -0.2) is 4.98 Å². The molecule has 0 amide bonds. The summed E-state index contributed by atoms with van der Waals surface area (Å²) >= 11 is 1.71. The number of nitrogens with zero attached hydrogens (tertiary/aromatic N) is 2. The first kappa shape index (κ1) is 8.97. The van der Waals surface area contributed by atoms with Crippen LogP contribution in [0.3, 0.4) is 0 Å². The fourth-order valence-corrected chi connectivity index (χ4v) is 2.52. The highest BCUT2D eigenvalue weighted by molar-refractivity contribution is 7.13. The Morgan fingerprint density at radius 1 is 1.54 bits per heavy atom. The molecule has 2 heterocycles. The van der Waals surface area contributed by atoms with Gasteiger partial charge >= 0.3 is 0 Å². The predicted octanol–water partition coefficient (Wildman–Crippen LogP) is 1.76. The number of rotatable bonds is 2. The van der Waals surface area contributed by atoms with Crippen molar-refractivity contribution in [3.63, 3.8) is 0 Å². The largest absolute Gasteiger partial charge is 0.348 e. The molecule has 0 spiro atoms. The molecule has 13 heavy (non-hydrogen) atoms. The zero-order chi connectivity index (χ0) is 9.26. The van der Waals surface area contributed by atoms with Gasteiger partial charge in [-0.2, -0.15) is 0 Å². The van der Waals surface area contributed by atoms with E-state index in [-0.39, 0.29) is 6.04 Å². The molecule has 1 atom stereocenters. The fraction of sp³-hybridized carbons (Fsp3) is 0.667. The highest BCUT2D eigenvalue weighted by Crippen LogP contribution is 2.25. The number of thiazole rings is 1. The molecule has 1 aromatic rings. The van der Waals surface area contributed by atoms with E-state index in [0.717, 1.165) is 23.9 Å². The summed E-state index contributed by atoms with van der Waals surface area (Å²) < 4.78 is 0. The lowest BCUT2D eigenvalue weighted by molar-refractivity contribution is 0.785. The van der Waals surface area contributed by atoms with Crippen LogP contribution in [0.1, 0.15) is 31.5 Å². The molecule has 1 fully saturated rings. The Bertz CT molecular complexity index is 276.